The van der Waals surface area contributed by atoms with E-state index in [9.17, 15) is 5.11 Å². The number of halogens is 1. The van der Waals surface area contributed by atoms with E-state index in [0.717, 1.165) is 29.7 Å². The zero-order valence-corrected chi connectivity index (χ0v) is 10.8. The zero-order chi connectivity index (χ0) is 11.7. The van der Waals surface area contributed by atoms with Gasteiger partial charge in [0.15, 0.2) is 0 Å². The van der Waals surface area contributed by atoms with Crippen molar-refractivity contribution in [3.63, 3.8) is 0 Å². The van der Waals surface area contributed by atoms with Crippen molar-refractivity contribution in [1.82, 2.24) is 4.98 Å². The van der Waals surface area contributed by atoms with E-state index >= 15 is 0 Å². The highest BCUT2D eigenvalue weighted by molar-refractivity contribution is 9.10. The molecule has 0 spiro atoms. The highest BCUT2D eigenvalue weighted by Gasteiger charge is 2.26. The molecule has 1 saturated heterocycles. The van der Waals surface area contributed by atoms with E-state index in [0.29, 0.717) is 5.69 Å². The number of aromatic nitrogens is 1. The number of rotatable bonds is 1. The monoisotopic (exact) mass is 285 g/mol. The number of nitrogens with two attached hydrogens (primary N) is 1. The molecule has 0 radical (unpaired) electrons. The van der Waals surface area contributed by atoms with Gasteiger partial charge < -0.3 is 15.7 Å². The van der Waals surface area contributed by atoms with Gasteiger partial charge >= 0.3 is 0 Å². The van der Waals surface area contributed by atoms with Crippen LogP contribution in [0.4, 0.5) is 11.4 Å². The quantitative estimate of drug-likeness (QED) is 0.823. The fourth-order valence-corrected chi connectivity index (χ4v) is 2.71. The maximum absolute atomic E-state index is 9.70. The van der Waals surface area contributed by atoms with Gasteiger partial charge in [-0.25, -0.2) is 0 Å². The van der Waals surface area contributed by atoms with Gasteiger partial charge in [0, 0.05) is 19.3 Å². The topological polar surface area (TPSA) is 62.4 Å². The first-order valence-electron chi connectivity index (χ1n) is 5.41. The molecule has 16 heavy (non-hydrogen) atoms. The molecule has 0 aliphatic carbocycles. The molecule has 4 nitrogen and oxygen atoms in total. The number of pyridine rings is 1. The second-order valence-electron chi connectivity index (χ2n) is 4.34. The van der Waals surface area contributed by atoms with E-state index in [2.05, 4.69) is 32.7 Å². The normalized spacial score (nSPS) is 25.8. The van der Waals surface area contributed by atoms with Crippen LogP contribution in [0.2, 0.25) is 0 Å². The lowest BCUT2D eigenvalue weighted by atomic mass is 9.96. The Hall–Kier alpha value is -0.810. The number of hydrogen-bond donors (Lipinski definition) is 2. The first-order chi connectivity index (χ1) is 7.59. The lowest BCUT2D eigenvalue weighted by Crippen LogP contribution is -2.42. The van der Waals surface area contributed by atoms with Gasteiger partial charge in [-0.2, -0.15) is 0 Å². The van der Waals surface area contributed by atoms with E-state index < -0.39 is 0 Å². The van der Waals surface area contributed by atoms with E-state index in [1.165, 1.54) is 0 Å². The summed E-state index contributed by atoms with van der Waals surface area (Å²) in [5.74, 6) is 0.271. The smallest absolute Gasteiger partial charge is 0.0776 e. The van der Waals surface area contributed by atoms with Crippen LogP contribution in [0.3, 0.4) is 0 Å². The summed E-state index contributed by atoms with van der Waals surface area (Å²) < 4.78 is 0.913. The minimum Gasteiger partial charge on any atom is -0.396 e. The van der Waals surface area contributed by atoms with Crippen LogP contribution in [0.1, 0.15) is 13.3 Å². The highest BCUT2D eigenvalue weighted by Crippen LogP contribution is 2.33. The van der Waals surface area contributed by atoms with Crippen molar-refractivity contribution < 1.29 is 5.11 Å². The second kappa shape index (κ2) is 4.59. The first-order valence-corrected chi connectivity index (χ1v) is 6.21. The molecule has 2 heterocycles. The third-order valence-electron chi connectivity index (χ3n) is 3.08. The number of nitrogen functional groups attached to an aromatic ring is 1. The van der Waals surface area contributed by atoms with Gasteiger partial charge in [0.2, 0.25) is 0 Å². The third-order valence-corrected chi connectivity index (χ3v) is 3.66. The molecular formula is C11H16BrN3O. The van der Waals surface area contributed by atoms with Gasteiger partial charge in [0.05, 0.1) is 28.1 Å². The Morgan fingerprint density at radius 3 is 2.94 bits per heavy atom. The van der Waals surface area contributed by atoms with Crippen molar-refractivity contribution in [3.8, 4) is 0 Å². The summed E-state index contributed by atoms with van der Waals surface area (Å²) in [4.78, 5) is 6.23. The molecule has 0 aromatic carbocycles. The summed E-state index contributed by atoms with van der Waals surface area (Å²) in [5.41, 5.74) is 7.61. The maximum Gasteiger partial charge on any atom is 0.0776 e. The van der Waals surface area contributed by atoms with Crippen LogP contribution < -0.4 is 10.6 Å². The van der Waals surface area contributed by atoms with Gasteiger partial charge in [-0.05, 0) is 28.3 Å². The number of nitrogens with zero attached hydrogens (tertiary/aromatic N) is 2. The van der Waals surface area contributed by atoms with E-state index in [4.69, 9.17) is 5.73 Å². The van der Waals surface area contributed by atoms with Crippen molar-refractivity contribution in [2.75, 3.05) is 23.7 Å². The third kappa shape index (κ3) is 2.15. The number of aliphatic hydroxyl groups is 1. The van der Waals surface area contributed by atoms with Crippen LogP contribution in [-0.4, -0.2) is 29.3 Å². The molecule has 1 aromatic heterocycles. The Bertz CT molecular complexity index is 365. The van der Waals surface area contributed by atoms with Gasteiger partial charge in [-0.15, -0.1) is 0 Å². The van der Waals surface area contributed by atoms with Crippen molar-refractivity contribution in [2.24, 2.45) is 5.92 Å². The molecule has 0 bridgehead atoms. The SMILES string of the molecule is CC1CN(c2c(N)cncc2Br)CCC1O. The molecule has 2 atom stereocenters. The molecule has 88 valence electrons. The molecule has 2 rings (SSSR count). The minimum atomic E-state index is -0.196. The fraction of sp³-hybridized carbons (Fsp3) is 0.545. The standard InChI is InChI=1S/C11H16BrN3O/c1-7-6-15(3-2-10(7)16)11-8(12)4-14-5-9(11)13/h4-5,7,10,16H,2-3,6,13H2,1H3. The lowest BCUT2D eigenvalue weighted by molar-refractivity contribution is 0.0971. The Balaban J connectivity index is 2.25. The lowest BCUT2D eigenvalue weighted by Gasteiger charge is -2.36. The molecule has 0 saturated carbocycles. The van der Waals surface area contributed by atoms with Gasteiger partial charge in [0.1, 0.15) is 0 Å². The Kier molecular flexibility index (Phi) is 3.35. The van der Waals surface area contributed by atoms with Crippen LogP contribution in [0.5, 0.6) is 0 Å². The van der Waals surface area contributed by atoms with Crippen molar-refractivity contribution in [2.45, 2.75) is 19.4 Å². The highest BCUT2D eigenvalue weighted by atomic mass is 79.9. The predicted molar refractivity (Wildman–Crippen MR) is 68.4 cm³/mol. The zero-order valence-electron chi connectivity index (χ0n) is 9.23. The summed E-state index contributed by atoms with van der Waals surface area (Å²) in [6.07, 6.45) is 4.00. The maximum atomic E-state index is 9.70. The number of aliphatic hydroxyl groups excluding tert-OH is 1. The predicted octanol–water partition coefficient (Wildman–Crippen LogP) is 1.63. The van der Waals surface area contributed by atoms with E-state index in [1.54, 1.807) is 12.4 Å². The fourth-order valence-electron chi connectivity index (χ4n) is 2.11. The Morgan fingerprint density at radius 1 is 1.56 bits per heavy atom. The van der Waals surface area contributed by atoms with Gasteiger partial charge in [0.25, 0.3) is 0 Å². The molecule has 1 aliphatic rings. The van der Waals surface area contributed by atoms with Crippen LogP contribution in [-0.2, 0) is 0 Å². The molecule has 3 N–H and O–H groups in total. The number of hydrogen-bond acceptors (Lipinski definition) is 4. The Labute approximate surface area is 104 Å². The van der Waals surface area contributed by atoms with Crippen LogP contribution in [0, 0.1) is 5.92 Å². The van der Waals surface area contributed by atoms with Crippen molar-refractivity contribution in [3.05, 3.63) is 16.9 Å². The molecule has 5 heteroatoms. The summed E-state index contributed by atoms with van der Waals surface area (Å²) in [7, 11) is 0. The largest absolute Gasteiger partial charge is 0.396 e. The van der Waals surface area contributed by atoms with Crippen LogP contribution in [0.15, 0.2) is 16.9 Å². The van der Waals surface area contributed by atoms with Crippen molar-refractivity contribution in [1.29, 1.82) is 0 Å². The van der Waals surface area contributed by atoms with E-state index in [-0.39, 0.29) is 12.0 Å². The van der Waals surface area contributed by atoms with Crippen LogP contribution >= 0.6 is 15.9 Å². The molecule has 1 aromatic rings. The molecule has 1 aliphatic heterocycles. The molecule has 0 amide bonds. The van der Waals surface area contributed by atoms with E-state index in [1.807, 2.05) is 0 Å². The molecule has 2 unspecified atom stereocenters. The summed E-state index contributed by atoms with van der Waals surface area (Å²) in [6, 6.07) is 0. The summed E-state index contributed by atoms with van der Waals surface area (Å²) >= 11 is 3.47. The number of anilines is 2. The summed E-state index contributed by atoms with van der Waals surface area (Å²) in [6.45, 7) is 3.72. The van der Waals surface area contributed by atoms with Crippen LogP contribution in [0.25, 0.3) is 0 Å². The molecular weight excluding hydrogens is 270 g/mol. The molecule has 1 fully saturated rings. The number of piperidine rings is 1. The average Bonchev–Trinajstić information content (AvgIpc) is 2.23. The minimum absolute atomic E-state index is 0.196. The summed E-state index contributed by atoms with van der Waals surface area (Å²) in [5, 5.41) is 9.70. The van der Waals surface area contributed by atoms with Gasteiger partial charge in [-0.1, -0.05) is 6.92 Å². The van der Waals surface area contributed by atoms with Crippen molar-refractivity contribution >= 4 is 27.3 Å². The second-order valence-corrected chi connectivity index (χ2v) is 5.19. The average molecular weight is 286 g/mol. The van der Waals surface area contributed by atoms with Gasteiger partial charge in [-0.3, -0.25) is 4.98 Å². The first kappa shape index (κ1) is 11.7. The Morgan fingerprint density at radius 2 is 2.31 bits per heavy atom.